The Morgan fingerprint density at radius 2 is 1.82 bits per heavy atom. The van der Waals surface area contributed by atoms with Gasteiger partial charge in [-0.2, -0.15) is 0 Å². The number of carbonyl (C=O) groups is 1. The summed E-state index contributed by atoms with van der Waals surface area (Å²) >= 11 is 5.89. The van der Waals surface area contributed by atoms with Crippen LogP contribution in [0.3, 0.4) is 0 Å². The maximum absolute atomic E-state index is 12.8. The second-order valence-electron chi connectivity index (χ2n) is 5.95. The van der Waals surface area contributed by atoms with Gasteiger partial charge in [0.15, 0.2) is 5.76 Å². The molecule has 2 N–H and O–H groups in total. The molecule has 0 radical (unpaired) electrons. The van der Waals surface area contributed by atoms with Gasteiger partial charge >= 0.3 is 0 Å². The highest BCUT2D eigenvalue weighted by Gasteiger charge is 2.17. The van der Waals surface area contributed by atoms with Gasteiger partial charge in [-0.25, -0.2) is 0 Å². The molecule has 144 valence electrons. The van der Waals surface area contributed by atoms with Gasteiger partial charge in [0.2, 0.25) is 0 Å². The van der Waals surface area contributed by atoms with Crippen LogP contribution in [0.5, 0.6) is 5.75 Å². The van der Waals surface area contributed by atoms with Crippen molar-refractivity contribution >= 4 is 34.5 Å². The van der Waals surface area contributed by atoms with Crippen LogP contribution < -0.4 is 15.4 Å². The molecule has 0 saturated carbocycles. The Bertz CT molecular complexity index is 963. The summed E-state index contributed by atoms with van der Waals surface area (Å²) < 4.78 is 10.7. The zero-order valence-corrected chi connectivity index (χ0v) is 16.3. The number of hydrogen-bond donors (Lipinski definition) is 2. The maximum atomic E-state index is 12.8. The molecule has 3 rings (SSSR count). The Morgan fingerprint density at radius 3 is 2.43 bits per heavy atom. The van der Waals surface area contributed by atoms with Crippen molar-refractivity contribution in [3.8, 4) is 5.75 Å². The summed E-state index contributed by atoms with van der Waals surface area (Å²) in [5.74, 6) is 0.808. The van der Waals surface area contributed by atoms with Gasteiger partial charge in [0.05, 0.1) is 12.3 Å². The first-order valence-corrected chi connectivity index (χ1v) is 9.13. The molecule has 0 unspecified atom stereocenters. The smallest absolute Gasteiger partial charge is 0.261 e. The quantitative estimate of drug-likeness (QED) is 0.540. The first-order chi connectivity index (χ1) is 13.5. The van der Waals surface area contributed by atoms with Gasteiger partial charge < -0.3 is 19.9 Å². The minimum absolute atomic E-state index is 0.310. The topological polar surface area (TPSA) is 76.4 Å². The lowest BCUT2D eigenvalue weighted by Crippen LogP contribution is -2.14. The van der Waals surface area contributed by atoms with Crippen molar-refractivity contribution in [3.05, 3.63) is 77.3 Å². The van der Waals surface area contributed by atoms with Crippen molar-refractivity contribution in [2.45, 2.75) is 13.8 Å². The number of anilines is 2. The predicted molar refractivity (Wildman–Crippen MR) is 111 cm³/mol. The van der Waals surface area contributed by atoms with E-state index < -0.39 is 0 Å². The van der Waals surface area contributed by atoms with Gasteiger partial charge in [-0.3, -0.25) is 4.79 Å². The number of nitrogens with one attached hydrogen (secondary N) is 2. The number of aromatic nitrogens is 1. The fourth-order valence-corrected chi connectivity index (χ4v) is 2.57. The maximum Gasteiger partial charge on any atom is 0.261 e. The highest BCUT2D eigenvalue weighted by molar-refractivity contribution is 6.30. The van der Waals surface area contributed by atoms with Crippen LogP contribution in [0.15, 0.2) is 65.3 Å². The van der Waals surface area contributed by atoms with E-state index in [2.05, 4.69) is 15.8 Å². The van der Waals surface area contributed by atoms with E-state index in [1.807, 2.05) is 31.2 Å². The molecule has 0 aliphatic rings. The molecule has 28 heavy (non-hydrogen) atoms. The van der Waals surface area contributed by atoms with Gasteiger partial charge in [0.1, 0.15) is 11.3 Å². The highest BCUT2D eigenvalue weighted by atomic mass is 35.5. The van der Waals surface area contributed by atoms with E-state index in [-0.39, 0.29) is 5.91 Å². The van der Waals surface area contributed by atoms with Crippen LogP contribution in [0.2, 0.25) is 5.02 Å². The fraction of sp³-hybridized carbons (Fsp3) is 0.143. The molecule has 1 aromatic heterocycles. The Hall–Kier alpha value is -3.25. The van der Waals surface area contributed by atoms with Gasteiger partial charge in [-0.1, -0.05) is 16.8 Å². The van der Waals surface area contributed by atoms with E-state index in [1.165, 1.54) is 0 Å². The van der Waals surface area contributed by atoms with Crippen molar-refractivity contribution < 1.29 is 14.1 Å². The molecule has 7 heteroatoms. The van der Waals surface area contributed by atoms with E-state index in [0.717, 1.165) is 11.4 Å². The predicted octanol–water partition coefficient (Wildman–Crippen LogP) is 5.13. The van der Waals surface area contributed by atoms with Crippen molar-refractivity contribution in [2.75, 3.05) is 17.2 Å². The summed E-state index contributed by atoms with van der Waals surface area (Å²) in [5, 5.41) is 10.4. The normalized spacial score (nSPS) is 11.2. The molecule has 1 heterocycles. The molecular formula is C21H20ClN3O3. The fourth-order valence-electron chi connectivity index (χ4n) is 2.44. The van der Waals surface area contributed by atoms with E-state index >= 15 is 0 Å². The summed E-state index contributed by atoms with van der Waals surface area (Å²) in [6.07, 6.45) is 1.58. The lowest BCUT2D eigenvalue weighted by Gasteiger charge is -2.09. The zero-order chi connectivity index (χ0) is 19.9. The first-order valence-electron chi connectivity index (χ1n) is 8.75. The Balaban J connectivity index is 1.80. The van der Waals surface area contributed by atoms with Crippen LogP contribution in [-0.2, 0) is 4.79 Å². The van der Waals surface area contributed by atoms with Gasteiger partial charge in [0.25, 0.3) is 5.91 Å². The second kappa shape index (κ2) is 9.10. The molecule has 6 nitrogen and oxygen atoms in total. The van der Waals surface area contributed by atoms with Crippen LogP contribution in [-0.4, -0.2) is 17.7 Å². The first kappa shape index (κ1) is 19.5. The van der Waals surface area contributed by atoms with E-state index in [4.69, 9.17) is 20.9 Å². The lowest BCUT2D eigenvalue weighted by molar-refractivity contribution is -0.111. The summed E-state index contributed by atoms with van der Waals surface area (Å²) in [4.78, 5) is 12.8. The number of aryl methyl sites for hydroxylation is 1. The van der Waals surface area contributed by atoms with E-state index in [0.29, 0.717) is 34.3 Å². The van der Waals surface area contributed by atoms with Crippen molar-refractivity contribution in [1.82, 2.24) is 5.16 Å². The van der Waals surface area contributed by atoms with Crippen molar-refractivity contribution in [3.63, 3.8) is 0 Å². The summed E-state index contributed by atoms with van der Waals surface area (Å²) in [5.41, 5.74) is 2.42. The number of rotatable bonds is 7. The lowest BCUT2D eigenvalue weighted by atomic mass is 10.2. The van der Waals surface area contributed by atoms with Crippen LogP contribution in [0, 0.1) is 6.92 Å². The van der Waals surface area contributed by atoms with Gasteiger partial charge in [-0.15, -0.1) is 0 Å². The molecule has 0 spiro atoms. The van der Waals surface area contributed by atoms with E-state index in [9.17, 15) is 4.79 Å². The van der Waals surface area contributed by atoms with Crippen molar-refractivity contribution in [1.29, 1.82) is 0 Å². The number of halogens is 1. The largest absolute Gasteiger partial charge is 0.494 e. The van der Waals surface area contributed by atoms with Crippen LogP contribution in [0.4, 0.5) is 11.4 Å². The van der Waals surface area contributed by atoms with Crippen LogP contribution in [0.25, 0.3) is 5.57 Å². The molecule has 0 atom stereocenters. The molecule has 0 saturated heterocycles. The number of hydrogen-bond acceptors (Lipinski definition) is 5. The SMILES string of the molecule is CCOc1ccc(N/C=C(\C(=O)Nc2ccc(Cl)cc2)c2cc(C)no2)cc1. The Morgan fingerprint density at radius 1 is 1.14 bits per heavy atom. The Labute approximate surface area is 168 Å². The molecular weight excluding hydrogens is 378 g/mol. The molecule has 3 aromatic rings. The molecule has 2 aromatic carbocycles. The third-order valence-electron chi connectivity index (χ3n) is 3.79. The average molecular weight is 398 g/mol. The number of nitrogens with zero attached hydrogens (tertiary/aromatic N) is 1. The van der Waals surface area contributed by atoms with Crippen molar-refractivity contribution in [2.24, 2.45) is 0 Å². The van der Waals surface area contributed by atoms with Crippen LogP contribution in [0.1, 0.15) is 18.4 Å². The average Bonchev–Trinajstić information content (AvgIpc) is 3.11. The zero-order valence-electron chi connectivity index (χ0n) is 15.5. The second-order valence-corrected chi connectivity index (χ2v) is 6.39. The minimum Gasteiger partial charge on any atom is -0.494 e. The monoisotopic (exact) mass is 397 g/mol. The molecule has 0 bridgehead atoms. The molecule has 0 fully saturated rings. The highest BCUT2D eigenvalue weighted by Crippen LogP contribution is 2.21. The van der Waals surface area contributed by atoms with Crippen LogP contribution >= 0.6 is 11.6 Å². The number of benzene rings is 2. The minimum atomic E-state index is -0.336. The summed E-state index contributed by atoms with van der Waals surface area (Å²) in [6, 6.07) is 16.0. The number of carbonyl (C=O) groups excluding carboxylic acids is 1. The van der Waals surface area contributed by atoms with Gasteiger partial charge in [0, 0.05) is 28.7 Å². The Kier molecular flexibility index (Phi) is 6.34. The van der Waals surface area contributed by atoms with E-state index in [1.54, 1.807) is 43.5 Å². The summed E-state index contributed by atoms with van der Waals surface area (Å²) in [6.45, 7) is 4.33. The number of ether oxygens (including phenoxy) is 1. The number of amides is 1. The third kappa shape index (κ3) is 5.14. The standard InChI is InChI=1S/C21H20ClN3O3/c1-3-27-18-10-8-16(9-11-18)23-13-19(20-12-14(2)25-28-20)21(26)24-17-6-4-15(22)5-7-17/h4-13,23H,3H2,1-2H3,(H,24,26)/b19-13-. The summed E-state index contributed by atoms with van der Waals surface area (Å²) in [7, 11) is 0. The molecule has 0 aliphatic carbocycles. The van der Waals surface area contributed by atoms with Gasteiger partial charge in [-0.05, 0) is 62.4 Å². The molecule has 0 aliphatic heterocycles. The molecule has 1 amide bonds. The third-order valence-corrected chi connectivity index (χ3v) is 4.04.